The van der Waals surface area contributed by atoms with E-state index in [-0.39, 0.29) is 18.2 Å². The summed E-state index contributed by atoms with van der Waals surface area (Å²) in [7, 11) is 1.72. The van der Waals surface area contributed by atoms with Gasteiger partial charge in [-0.1, -0.05) is 12.1 Å². The molecule has 8 nitrogen and oxygen atoms in total. The van der Waals surface area contributed by atoms with Crippen LogP contribution in [0.2, 0.25) is 0 Å². The molecule has 0 amide bonds. The Balaban J connectivity index is 0.00000245. The van der Waals surface area contributed by atoms with Crippen molar-refractivity contribution in [3.63, 3.8) is 0 Å². The Morgan fingerprint density at radius 2 is 1.97 bits per heavy atom. The van der Waals surface area contributed by atoms with Gasteiger partial charge >= 0.3 is 0 Å². The van der Waals surface area contributed by atoms with E-state index in [2.05, 4.69) is 32.2 Å². The van der Waals surface area contributed by atoms with Crippen molar-refractivity contribution in [3.8, 4) is 5.75 Å². The van der Waals surface area contributed by atoms with Crippen LogP contribution in [0.4, 0.5) is 5.69 Å². The van der Waals surface area contributed by atoms with Crippen LogP contribution in [0.3, 0.4) is 0 Å². The minimum atomic E-state index is 0. The molecule has 0 unspecified atom stereocenters. The third kappa shape index (κ3) is 4.33. The van der Waals surface area contributed by atoms with E-state index in [1.54, 1.807) is 13.3 Å². The number of halogens is 1. The molecule has 0 radical (unpaired) electrons. The number of para-hydroxylation sites is 2. The summed E-state index contributed by atoms with van der Waals surface area (Å²) in [6.45, 7) is 6.07. The molecule has 170 valence electrons. The number of carbonyl (C=O) groups is 1. The van der Waals surface area contributed by atoms with Crippen LogP contribution in [0.1, 0.15) is 6.42 Å². The maximum absolute atomic E-state index is 12.1. The highest BCUT2D eigenvalue weighted by molar-refractivity contribution is 6.05. The summed E-state index contributed by atoms with van der Waals surface area (Å²) < 4.78 is 11.6. The monoisotopic (exact) mass is 457 g/mol. The number of benzene rings is 1. The topological polar surface area (TPSA) is 69.6 Å². The first-order valence-corrected chi connectivity index (χ1v) is 10.7. The van der Waals surface area contributed by atoms with Crippen LogP contribution < -0.4 is 15.0 Å². The fourth-order valence-electron chi connectivity index (χ4n) is 4.35. The summed E-state index contributed by atoms with van der Waals surface area (Å²) in [6.07, 6.45) is 5.90. The molecule has 0 bridgehead atoms. The summed E-state index contributed by atoms with van der Waals surface area (Å²) in [6, 6.07) is 8.19. The summed E-state index contributed by atoms with van der Waals surface area (Å²) in [5, 5.41) is 3.09. The van der Waals surface area contributed by atoms with Gasteiger partial charge < -0.3 is 24.6 Å². The number of nitrogens with one attached hydrogen (secondary N) is 1. The number of ketones is 1. The number of hydrogen-bond donors (Lipinski definition) is 1. The molecule has 0 spiro atoms. The van der Waals surface area contributed by atoms with Crippen LogP contribution in [0.5, 0.6) is 5.75 Å². The first-order chi connectivity index (χ1) is 15.2. The van der Waals surface area contributed by atoms with E-state index in [1.807, 2.05) is 29.3 Å². The first kappa shape index (κ1) is 22.2. The number of carbonyl (C=O) groups excluding carboxylic acids is 1. The maximum atomic E-state index is 12.1. The Morgan fingerprint density at radius 1 is 1.16 bits per heavy atom. The maximum Gasteiger partial charge on any atom is 0.188 e. The Bertz CT molecular complexity index is 995. The third-order valence-corrected chi connectivity index (χ3v) is 6.04. The van der Waals surface area contributed by atoms with Gasteiger partial charge in [0, 0.05) is 57.6 Å². The largest absolute Gasteiger partial charge is 0.495 e. The number of ether oxygens (including phenoxy) is 2. The quantitative estimate of drug-likeness (QED) is 0.701. The molecule has 1 aromatic carbocycles. The van der Waals surface area contributed by atoms with Gasteiger partial charge in [0.25, 0.3) is 0 Å². The van der Waals surface area contributed by atoms with E-state index in [1.165, 1.54) is 0 Å². The second-order valence-corrected chi connectivity index (χ2v) is 7.90. The molecule has 1 fully saturated rings. The summed E-state index contributed by atoms with van der Waals surface area (Å²) in [4.78, 5) is 23.3. The fraction of sp³-hybridized carbons (Fsp3) is 0.391. The number of rotatable bonds is 6. The molecule has 0 saturated carbocycles. The molecule has 0 atom stereocenters. The SMILES string of the molecule is COc1ccccc1N1CCN(CCOC2=CC3=CNC4=C(N=CCC4=O)N3C2)CC1.Cl. The minimum absolute atomic E-state index is 0. The number of Topliss-reactive ketones (excluding diaryl/α,β-unsaturated/α-hetero) is 1. The average molecular weight is 458 g/mol. The van der Waals surface area contributed by atoms with Gasteiger partial charge in [0.15, 0.2) is 11.6 Å². The highest BCUT2D eigenvalue weighted by atomic mass is 35.5. The zero-order chi connectivity index (χ0) is 21.2. The second kappa shape index (κ2) is 9.67. The molecule has 4 heterocycles. The van der Waals surface area contributed by atoms with Gasteiger partial charge in [-0.2, -0.15) is 0 Å². The van der Waals surface area contributed by atoms with Crippen LogP contribution in [0.15, 0.2) is 64.5 Å². The molecule has 4 aliphatic heterocycles. The van der Waals surface area contributed by atoms with Crippen molar-refractivity contribution in [2.24, 2.45) is 4.99 Å². The fourth-order valence-corrected chi connectivity index (χ4v) is 4.35. The smallest absolute Gasteiger partial charge is 0.188 e. The number of nitrogens with zero attached hydrogens (tertiary/aromatic N) is 4. The lowest BCUT2D eigenvalue weighted by atomic mass is 10.1. The lowest BCUT2D eigenvalue weighted by Gasteiger charge is -2.36. The van der Waals surface area contributed by atoms with Crippen molar-refractivity contribution in [2.75, 3.05) is 57.9 Å². The number of hydrogen-bond acceptors (Lipinski definition) is 8. The number of anilines is 1. The van der Waals surface area contributed by atoms with Gasteiger partial charge in [-0.25, -0.2) is 4.99 Å². The van der Waals surface area contributed by atoms with E-state index >= 15 is 0 Å². The van der Waals surface area contributed by atoms with Gasteiger partial charge in [0.1, 0.15) is 23.8 Å². The molecule has 1 N–H and O–H groups in total. The Labute approximate surface area is 194 Å². The van der Waals surface area contributed by atoms with E-state index in [0.29, 0.717) is 31.1 Å². The number of fused-ring (bicyclic) bond motifs is 2. The summed E-state index contributed by atoms with van der Waals surface area (Å²) in [5.74, 6) is 2.59. The van der Waals surface area contributed by atoms with Crippen molar-refractivity contribution in [1.29, 1.82) is 0 Å². The minimum Gasteiger partial charge on any atom is -0.495 e. The summed E-state index contributed by atoms with van der Waals surface area (Å²) >= 11 is 0. The molecular weight excluding hydrogens is 430 g/mol. The van der Waals surface area contributed by atoms with Gasteiger partial charge in [0.05, 0.1) is 25.0 Å². The van der Waals surface area contributed by atoms with Crippen LogP contribution in [0, 0.1) is 0 Å². The van der Waals surface area contributed by atoms with Crippen molar-refractivity contribution in [3.05, 3.63) is 59.5 Å². The standard InChI is InChI=1S/C23H27N5O3.ClH/c1-30-21-5-3-2-4-19(21)27-10-8-26(9-11-27)12-13-31-18-14-17-15-25-22-20(29)6-7-24-23(22)28(17)16-18;/h2-5,7,14-15,25H,6,8-13,16H2,1H3;1H. The second-order valence-electron chi connectivity index (χ2n) is 7.90. The number of allylic oxidation sites excluding steroid dienone is 2. The first-order valence-electron chi connectivity index (χ1n) is 10.7. The van der Waals surface area contributed by atoms with E-state index < -0.39 is 0 Å². The Morgan fingerprint density at radius 3 is 2.78 bits per heavy atom. The van der Waals surface area contributed by atoms with Crippen LogP contribution in [0.25, 0.3) is 0 Å². The number of methoxy groups -OCH3 is 1. The van der Waals surface area contributed by atoms with Crippen molar-refractivity contribution in [1.82, 2.24) is 15.1 Å². The van der Waals surface area contributed by atoms with Crippen molar-refractivity contribution in [2.45, 2.75) is 6.42 Å². The zero-order valence-electron chi connectivity index (χ0n) is 18.1. The molecule has 4 aliphatic rings. The summed E-state index contributed by atoms with van der Waals surface area (Å²) in [5.41, 5.74) is 2.72. The molecule has 9 heteroatoms. The van der Waals surface area contributed by atoms with Crippen molar-refractivity contribution < 1.29 is 14.3 Å². The Hall–Kier alpha value is -2.97. The molecule has 0 aliphatic carbocycles. The van der Waals surface area contributed by atoms with Gasteiger partial charge in [-0.3, -0.25) is 9.69 Å². The van der Waals surface area contributed by atoms with Gasteiger partial charge in [-0.05, 0) is 12.1 Å². The number of piperazine rings is 1. The van der Waals surface area contributed by atoms with Crippen LogP contribution in [-0.2, 0) is 9.53 Å². The molecular formula is C23H28ClN5O3. The highest BCUT2D eigenvalue weighted by Gasteiger charge is 2.31. The van der Waals surface area contributed by atoms with E-state index in [9.17, 15) is 4.79 Å². The molecule has 5 rings (SSSR count). The normalized spacial score (nSPS) is 20.1. The van der Waals surface area contributed by atoms with Crippen LogP contribution >= 0.6 is 12.4 Å². The molecule has 0 aromatic heterocycles. The van der Waals surface area contributed by atoms with Gasteiger partial charge in [0.2, 0.25) is 0 Å². The zero-order valence-corrected chi connectivity index (χ0v) is 18.9. The highest BCUT2D eigenvalue weighted by Crippen LogP contribution is 2.31. The lowest BCUT2D eigenvalue weighted by molar-refractivity contribution is -0.115. The van der Waals surface area contributed by atoms with Crippen LogP contribution in [-0.4, -0.2) is 74.8 Å². The molecule has 1 aromatic rings. The average Bonchev–Trinajstić information content (AvgIpc) is 3.23. The van der Waals surface area contributed by atoms with Crippen molar-refractivity contribution >= 4 is 30.1 Å². The number of aliphatic imine (C=N–C) groups is 1. The lowest BCUT2D eigenvalue weighted by Crippen LogP contribution is -2.47. The van der Waals surface area contributed by atoms with E-state index in [0.717, 1.165) is 55.6 Å². The molecule has 32 heavy (non-hydrogen) atoms. The predicted molar refractivity (Wildman–Crippen MR) is 126 cm³/mol. The Kier molecular flexibility index (Phi) is 6.72. The molecule has 1 saturated heterocycles. The predicted octanol–water partition coefficient (Wildman–Crippen LogP) is 2.11. The third-order valence-electron chi connectivity index (χ3n) is 6.04. The van der Waals surface area contributed by atoms with Gasteiger partial charge in [-0.15, -0.1) is 12.4 Å². The van der Waals surface area contributed by atoms with E-state index in [4.69, 9.17) is 9.47 Å².